The van der Waals surface area contributed by atoms with E-state index in [1.165, 1.54) is 15.6 Å². The maximum atomic E-state index is 12.3. The van der Waals surface area contributed by atoms with E-state index in [9.17, 15) is 4.79 Å². The van der Waals surface area contributed by atoms with Crippen LogP contribution in [0, 0.1) is 6.92 Å². The Kier molecular flexibility index (Phi) is 3.62. The summed E-state index contributed by atoms with van der Waals surface area (Å²) in [6.45, 7) is 2.08. The number of nitrogens with zero attached hydrogens (tertiary/aromatic N) is 1. The van der Waals surface area contributed by atoms with Crippen LogP contribution >= 0.6 is 11.3 Å². The SMILES string of the molecule is Cc1csc2ccc(NC(=O)N(C)c3ccccc3)cc12. The fourth-order valence-corrected chi connectivity index (χ4v) is 3.13. The van der Waals surface area contributed by atoms with Crippen molar-refractivity contribution in [2.45, 2.75) is 6.92 Å². The van der Waals surface area contributed by atoms with Crippen molar-refractivity contribution in [3.8, 4) is 0 Å². The third kappa shape index (κ3) is 2.76. The average molecular weight is 296 g/mol. The molecule has 1 heterocycles. The fraction of sp³-hybridized carbons (Fsp3) is 0.118. The largest absolute Gasteiger partial charge is 0.326 e. The molecule has 3 aromatic rings. The summed E-state index contributed by atoms with van der Waals surface area (Å²) in [6, 6.07) is 15.5. The second kappa shape index (κ2) is 5.58. The number of hydrogen-bond donors (Lipinski definition) is 1. The molecule has 0 spiro atoms. The standard InChI is InChI=1S/C17H16N2OS/c1-12-11-21-16-9-8-13(10-15(12)16)18-17(20)19(2)14-6-4-3-5-7-14/h3-11H,1-2H3,(H,18,20). The lowest BCUT2D eigenvalue weighted by molar-refractivity contribution is 0.258. The number of carbonyl (C=O) groups is 1. The van der Waals surface area contributed by atoms with Crippen molar-refractivity contribution in [1.82, 2.24) is 0 Å². The van der Waals surface area contributed by atoms with Gasteiger partial charge in [-0.1, -0.05) is 18.2 Å². The number of nitrogens with one attached hydrogen (secondary N) is 1. The van der Waals surface area contributed by atoms with E-state index in [1.807, 2.05) is 48.5 Å². The van der Waals surface area contributed by atoms with Gasteiger partial charge >= 0.3 is 6.03 Å². The third-order valence-electron chi connectivity index (χ3n) is 3.47. The van der Waals surface area contributed by atoms with Crippen molar-refractivity contribution in [2.24, 2.45) is 0 Å². The van der Waals surface area contributed by atoms with Gasteiger partial charge in [-0.15, -0.1) is 11.3 Å². The van der Waals surface area contributed by atoms with E-state index in [4.69, 9.17) is 0 Å². The van der Waals surface area contributed by atoms with E-state index in [-0.39, 0.29) is 6.03 Å². The van der Waals surface area contributed by atoms with E-state index < -0.39 is 0 Å². The maximum Gasteiger partial charge on any atom is 0.326 e. The first-order chi connectivity index (χ1) is 10.1. The van der Waals surface area contributed by atoms with Crippen molar-refractivity contribution in [1.29, 1.82) is 0 Å². The van der Waals surface area contributed by atoms with Crippen LogP contribution in [0.3, 0.4) is 0 Å². The topological polar surface area (TPSA) is 32.3 Å². The van der Waals surface area contributed by atoms with Crippen LogP contribution in [0.4, 0.5) is 16.2 Å². The molecule has 0 aliphatic rings. The Morgan fingerprint density at radius 2 is 1.90 bits per heavy atom. The Morgan fingerprint density at radius 1 is 1.14 bits per heavy atom. The molecule has 106 valence electrons. The summed E-state index contributed by atoms with van der Waals surface area (Å²) in [5.74, 6) is 0. The normalized spacial score (nSPS) is 10.6. The molecule has 0 bridgehead atoms. The molecule has 0 aliphatic carbocycles. The van der Waals surface area contributed by atoms with Crippen LogP contribution in [-0.4, -0.2) is 13.1 Å². The first-order valence-electron chi connectivity index (χ1n) is 6.73. The van der Waals surface area contributed by atoms with E-state index in [0.29, 0.717) is 0 Å². The molecule has 0 radical (unpaired) electrons. The second-order valence-corrected chi connectivity index (χ2v) is 5.87. The highest BCUT2D eigenvalue weighted by Crippen LogP contribution is 2.28. The van der Waals surface area contributed by atoms with Gasteiger partial charge < -0.3 is 5.32 Å². The Labute approximate surface area is 127 Å². The van der Waals surface area contributed by atoms with Gasteiger partial charge in [-0.3, -0.25) is 4.90 Å². The number of benzene rings is 2. The zero-order valence-corrected chi connectivity index (χ0v) is 12.8. The molecule has 0 fully saturated rings. The zero-order chi connectivity index (χ0) is 14.8. The number of rotatable bonds is 2. The lowest BCUT2D eigenvalue weighted by Crippen LogP contribution is -2.31. The highest BCUT2D eigenvalue weighted by Gasteiger charge is 2.11. The van der Waals surface area contributed by atoms with Gasteiger partial charge in [-0.2, -0.15) is 0 Å². The number of anilines is 2. The first kappa shape index (κ1) is 13.6. The molecule has 3 rings (SSSR count). The van der Waals surface area contributed by atoms with E-state index in [1.54, 1.807) is 23.3 Å². The molecule has 0 saturated carbocycles. The number of fused-ring (bicyclic) bond motifs is 1. The van der Waals surface area contributed by atoms with Crippen LogP contribution in [0.5, 0.6) is 0 Å². The van der Waals surface area contributed by atoms with Gasteiger partial charge in [0, 0.05) is 23.1 Å². The zero-order valence-electron chi connectivity index (χ0n) is 12.0. The van der Waals surface area contributed by atoms with Gasteiger partial charge in [0.05, 0.1) is 0 Å². The summed E-state index contributed by atoms with van der Waals surface area (Å²) in [7, 11) is 1.76. The molecule has 1 aromatic heterocycles. The van der Waals surface area contributed by atoms with Gasteiger partial charge in [0.15, 0.2) is 0 Å². The number of aryl methyl sites for hydroxylation is 1. The molecule has 21 heavy (non-hydrogen) atoms. The molecular formula is C17H16N2OS. The van der Waals surface area contributed by atoms with Crippen LogP contribution in [-0.2, 0) is 0 Å². The molecule has 0 saturated heterocycles. The highest BCUT2D eigenvalue weighted by atomic mass is 32.1. The van der Waals surface area contributed by atoms with Gasteiger partial charge in [0.25, 0.3) is 0 Å². The molecule has 0 aliphatic heterocycles. The molecular weight excluding hydrogens is 280 g/mol. The minimum atomic E-state index is -0.145. The van der Waals surface area contributed by atoms with Crippen LogP contribution in [0.1, 0.15) is 5.56 Å². The van der Waals surface area contributed by atoms with E-state index in [0.717, 1.165) is 11.4 Å². The molecule has 0 unspecified atom stereocenters. The number of para-hydroxylation sites is 1. The average Bonchev–Trinajstić information content (AvgIpc) is 2.88. The fourth-order valence-electron chi connectivity index (χ4n) is 2.21. The van der Waals surface area contributed by atoms with Crippen molar-refractivity contribution < 1.29 is 4.79 Å². The number of amides is 2. The van der Waals surface area contributed by atoms with Crippen LogP contribution in [0.2, 0.25) is 0 Å². The van der Waals surface area contributed by atoms with Gasteiger partial charge in [-0.05, 0) is 53.6 Å². The monoisotopic (exact) mass is 296 g/mol. The lowest BCUT2D eigenvalue weighted by atomic mass is 10.2. The molecule has 3 nitrogen and oxygen atoms in total. The number of carbonyl (C=O) groups excluding carboxylic acids is 1. The second-order valence-electron chi connectivity index (χ2n) is 4.95. The maximum absolute atomic E-state index is 12.3. The van der Waals surface area contributed by atoms with Crippen LogP contribution in [0.25, 0.3) is 10.1 Å². The summed E-state index contributed by atoms with van der Waals surface area (Å²) in [5, 5.41) is 6.27. The lowest BCUT2D eigenvalue weighted by Gasteiger charge is -2.18. The summed E-state index contributed by atoms with van der Waals surface area (Å²) in [4.78, 5) is 13.9. The number of hydrogen-bond acceptors (Lipinski definition) is 2. The Morgan fingerprint density at radius 3 is 2.67 bits per heavy atom. The minimum absolute atomic E-state index is 0.145. The van der Waals surface area contributed by atoms with Crippen molar-refractivity contribution in [3.05, 3.63) is 59.5 Å². The molecule has 4 heteroatoms. The van der Waals surface area contributed by atoms with Crippen molar-refractivity contribution in [2.75, 3.05) is 17.3 Å². The first-order valence-corrected chi connectivity index (χ1v) is 7.61. The number of urea groups is 1. The van der Waals surface area contributed by atoms with Gasteiger partial charge in [0.1, 0.15) is 0 Å². The summed E-state index contributed by atoms with van der Waals surface area (Å²) in [6.07, 6.45) is 0. The quantitative estimate of drug-likeness (QED) is 0.718. The molecule has 1 N–H and O–H groups in total. The summed E-state index contributed by atoms with van der Waals surface area (Å²) < 4.78 is 1.24. The van der Waals surface area contributed by atoms with E-state index in [2.05, 4.69) is 17.6 Å². The van der Waals surface area contributed by atoms with E-state index >= 15 is 0 Å². The van der Waals surface area contributed by atoms with Crippen LogP contribution in [0.15, 0.2) is 53.9 Å². The molecule has 0 atom stereocenters. The summed E-state index contributed by atoms with van der Waals surface area (Å²) in [5.41, 5.74) is 2.92. The Balaban J connectivity index is 1.81. The summed E-state index contributed by atoms with van der Waals surface area (Å²) >= 11 is 1.72. The number of thiophene rings is 1. The van der Waals surface area contributed by atoms with Crippen LogP contribution < -0.4 is 10.2 Å². The minimum Gasteiger partial charge on any atom is -0.308 e. The predicted molar refractivity (Wildman–Crippen MR) is 90.4 cm³/mol. The van der Waals surface area contributed by atoms with Crippen molar-refractivity contribution >= 4 is 38.8 Å². The molecule has 2 aromatic carbocycles. The predicted octanol–water partition coefficient (Wildman–Crippen LogP) is 4.88. The highest BCUT2D eigenvalue weighted by molar-refractivity contribution is 7.17. The van der Waals surface area contributed by atoms with Gasteiger partial charge in [-0.25, -0.2) is 4.79 Å². The Bertz CT molecular complexity index is 780. The molecule has 2 amide bonds. The smallest absolute Gasteiger partial charge is 0.308 e. The Hall–Kier alpha value is -2.33. The van der Waals surface area contributed by atoms with Gasteiger partial charge in [0.2, 0.25) is 0 Å². The van der Waals surface area contributed by atoms with Crippen molar-refractivity contribution in [3.63, 3.8) is 0 Å². The third-order valence-corrected chi connectivity index (χ3v) is 4.55.